The van der Waals surface area contributed by atoms with Gasteiger partial charge in [0.1, 0.15) is 17.2 Å². The minimum atomic E-state index is -0.183. The maximum absolute atomic E-state index is 12.3. The van der Waals surface area contributed by atoms with Crippen LogP contribution in [0.3, 0.4) is 0 Å². The number of aromatic hydroxyl groups is 1. The fourth-order valence-corrected chi connectivity index (χ4v) is 3.39. The highest BCUT2D eigenvalue weighted by atomic mass is 32.2. The number of anilines is 1. The number of hydrogen-bond acceptors (Lipinski definition) is 7. The lowest BCUT2D eigenvalue weighted by molar-refractivity contribution is -0.113. The molecule has 1 aromatic heterocycles. The van der Waals surface area contributed by atoms with Crippen LogP contribution in [0.2, 0.25) is 0 Å². The van der Waals surface area contributed by atoms with E-state index in [1.807, 2.05) is 31.2 Å². The third-order valence-electron chi connectivity index (χ3n) is 4.26. The number of benzene rings is 3. The number of ether oxygens (including phenoxy) is 1. The van der Waals surface area contributed by atoms with E-state index in [1.165, 1.54) is 22.0 Å². The van der Waals surface area contributed by atoms with Crippen molar-refractivity contribution >= 4 is 23.4 Å². The van der Waals surface area contributed by atoms with Crippen LogP contribution < -0.4 is 10.1 Å². The summed E-state index contributed by atoms with van der Waals surface area (Å²) in [6.45, 7) is 2.02. The predicted octanol–water partition coefficient (Wildman–Crippen LogP) is 4.20. The van der Waals surface area contributed by atoms with Gasteiger partial charge >= 0.3 is 0 Å². The van der Waals surface area contributed by atoms with Crippen molar-refractivity contribution in [2.45, 2.75) is 12.1 Å². The van der Waals surface area contributed by atoms with Crippen LogP contribution in [0.5, 0.6) is 17.2 Å². The summed E-state index contributed by atoms with van der Waals surface area (Å²) >= 11 is 1.21. The first-order valence-electron chi connectivity index (χ1n) is 9.42. The van der Waals surface area contributed by atoms with Crippen LogP contribution in [-0.4, -0.2) is 37.0 Å². The smallest absolute Gasteiger partial charge is 0.234 e. The average Bonchev–Trinajstić information content (AvgIpc) is 3.24. The minimum Gasteiger partial charge on any atom is -0.508 e. The van der Waals surface area contributed by atoms with Crippen molar-refractivity contribution in [2.75, 3.05) is 11.1 Å². The van der Waals surface area contributed by atoms with Gasteiger partial charge in [-0.2, -0.15) is 4.68 Å². The number of rotatable bonds is 7. The monoisotopic (exact) mass is 433 g/mol. The van der Waals surface area contributed by atoms with E-state index >= 15 is 0 Å². The Morgan fingerprint density at radius 1 is 1.00 bits per heavy atom. The Balaban J connectivity index is 1.32. The maximum Gasteiger partial charge on any atom is 0.234 e. The number of aryl methyl sites for hydroxylation is 1. The number of nitrogens with one attached hydrogen (secondary N) is 1. The molecular weight excluding hydrogens is 414 g/mol. The molecule has 3 aromatic carbocycles. The molecule has 4 aromatic rings. The third kappa shape index (κ3) is 5.40. The van der Waals surface area contributed by atoms with Crippen LogP contribution in [0.4, 0.5) is 5.69 Å². The third-order valence-corrected chi connectivity index (χ3v) is 5.18. The Kier molecular flexibility index (Phi) is 6.13. The molecule has 9 heteroatoms. The lowest BCUT2D eigenvalue weighted by Crippen LogP contribution is -2.14. The molecule has 1 amide bonds. The quantitative estimate of drug-likeness (QED) is 0.421. The number of tetrazole rings is 1. The Hall–Kier alpha value is -3.85. The molecule has 0 atom stereocenters. The number of carbonyl (C=O) groups excluding carboxylic acids is 1. The zero-order valence-electron chi connectivity index (χ0n) is 16.6. The number of aromatic nitrogens is 4. The topological polar surface area (TPSA) is 102 Å². The fraction of sp³-hybridized carbons (Fsp3) is 0.0909. The van der Waals surface area contributed by atoms with E-state index in [2.05, 4.69) is 20.8 Å². The van der Waals surface area contributed by atoms with Gasteiger partial charge in [0.05, 0.1) is 11.4 Å². The van der Waals surface area contributed by atoms with E-state index in [9.17, 15) is 9.90 Å². The standard InChI is InChI=1S/C22H19N5O3S/c1-15-2-10-19(11-3-15)30-20-12-4-16(5-13-20)23-21(29)14-31-22-24-25-26-27(22)17-6-8-18(28)9-7-17/h2-13,28H,14H2,1H3,(H,23,29). The van der Waals surface area contributed by atoms with Gasteiger partial charge in [-0.05, 0) is 78.0 Å². The van der Waals surface area contributed by atoms with Crippen molar-refractivity contribution in [2.24, 2.45) is 0 Å². The van der Waals surface area contributed by atoms with E-state index in [4.69, 9.17) is 4.74 Å². The Morgan fingerprint density at radius 2 is 1.65 bits per heavy atom. The van der Waals surface area contributed by atoms with Crippen LogP contribution in [0.25, 0.3) is 5.69 Å². The van der Waals surface area contributed by atoms with Crippen LogP contribution in [-0.2, 0) is 4.79 Å². The number of carbonyl (C=O) groups is 1. The van der Waals surface area contributed by atoms with Gasteiger partial charge in [0.2, 0.25) is 11.1 Å². The Bertz CT molecular complexity index is 1160. The van der Waals surface area contributed by atoms with Crippen LogP contribution in [0.15, 0.2) is 78.0 Å². The lowest BCUT2D eigenvalue weighted by Gasteiger charge is -2.08. The van der Waals surface area contributed by atoms with Crippen molar-refractivity contribution in [3.63, 3.8) is 0 Å². The first-order valence-corrected chi connectivity index (χ1v) is 10.4. The number of nitrogens with zero attached hydrogens (tertiary/aromatic N) is 4. The summed E-state index contributed by atoms with van der Waals surface area (Å²) in [5.41, 5.74) is 2.52. The summed E-state index contributed by atoms with van der Waals surface area (Å²) < 4.78 is 7.30. The summed E-state index contributed by atoms with van der Waals surface area (Å²) in [5, 5.41) is 24.3. The molecule has 0 aliphatic heterocycles. The van der Waals surface area contributed by atoms with E-state index in [0.29, 0.717) is 22.3 Å². The molecule has 0 bridgehead atoms. The predicted molar refractivity (Wildman–Crippen MR) is 118 cm³/mol. The summed E-state index contributed by atoms with van der Waals surface area (Å²) in [6, 6.07) is 21.4. The van der Waals surface area contributed by atoms with E-state index in [1.54, 1.807) is 48.5 Å². The second-order valence-corrected chi connectivity index (χ2v) is 7.61. The van der Waals surface area contributed by atoms with Crippen LogP contribution in [0, 0.1) is 6.92 Å². The molecule has 31 heavy (non-hydrogen) atoms. The second kappa shape index (κ2) is 9.31. The summed E-state index contributed by atoms with van der Waals surface area (Å²) in [7, 11) is 0. The van der Waals surface area contributed by atoms with Crippen LogP contribution >= 0.6 is 11.8 Å². The molecule has 0 saturated heterocycles. The van der Waals surface area contributed by atoms with E-state index < -0.39 is 0 Å². The number of thioether (sulfide) groups is 1. The summed E-state index contributed by atoms with van der Waals surface area (Å²) in [4.78, 5) is 12.3. The number of phenols is 1. The SMILES string of the molecule is Cc1ccc(Oc2ccc(NC(=O)CSc3nnnn3-c3ccc(O)cc3)cc2)cc1. The zero-order chi connectivity index (χ0) is 21.6. The lowest BCUT2D eigenvalue weighted by atomic mass is 10.2. The molecule has 1 heterocycles. The summed E-state index contributed by atoms with van der Waals surface area (Å²) in [5.74, 6) is 1.55. The molecule has 4 rings (SSSR count). The first kappa shape index (κ1) is 20.4. The van der Waals surface area contributed by atoms with Gasteiger partial charge in [0, 0.05) is 5.69 Å². The van der Waals surface area contributed by atoms with Gasteiger partial charge in [-0.25, -0.2) is 0 Å². The molecule has 0 aliphatic rings. The fourth-order valence-electron chi connectivity index (χ4n) is 2.70. The normalized spacial score (nSPS) is 10.6. The molecule has 0 spiro atoms. The molecular formula is C22H19N5O3S. The van der Waals surface area contributed by atoms with Crippen molar-refractivity contribution in [3.05, 3.63) is 78.4 Å². The minimum absolute atomic E-state index is 0.139. The van der Waals surface area contributed by atoms with Crippen molar-refractivity contribution < 1.29 is 14.6 Å². The Morgan fingerprint density at radius 3 is 2.32 bits per heavy atom. The van der Waals surface area contributed by atoms with Gasteiger partial charge in [-0.1, -0.05) is 29.5 Å². The van der Waals surface area contributed by atoms with Gasteiger partial charge in [0.25, 0.3) is 0 Å². The molecule has 0 aliphatic carbocycles. The highest BCUT2D eigenvalue weighted by Crippen LogP contribution is 2.24. The highest BCUT2D eigenvalue weighted by molar-refractivity contribution is 7.99. The highest BCUT2D eigenvalue weighted by Gasteiger charge is 2.12. The van der Waals surface area contributed by atoms with Gasteiger partial charge < -0.3 is 15.2 Å². The summed E-state index contributed by atoms with van der Waals surface area (Å²) in [6.07, 6.45) is 0. The first-order chi connectivity index (χ1) is 15.1. The van der Waals surface area contributed by atoms with Gasteiger partial charge in [-0.3, -0.25) is 4.79 Å². The van der Waals surface area contributed by atoms with Gasteiger partial charge in [-0.15, -0.1) is 5.10 Å². The van der Waals surface area contributed by atoms with Crippen molar-refractivity contribution in [3.8, 4) is 22.9 Å². The van der Waals surface area contributed by atoms with Gasteiger partial charge in [0.15, 0.2) is 0 Å². The van der Waals surface area contributed by atoms with Crippen LogP contribution in [0.1, 0.15) is 5.56 Å². The van der Waals surface area contributed by atoms with E-state index in [0.717, 1.165) is 5.75 Å². The number of hydrogen-bond donors (Lipinski definition) is 2. The number of amides is 1. The van der Waals surface area contributed by atoms with E-state index in [-0.39, 0.29) is 17.4 Å². The largest absolute Gasteiger partial charge is 0.508 e. The second-order valence-electron chi connectivity index (χ2n) is 6.67. The molecule has 0 saturated carbocycles. The molecule has 0 unspecified atom stereocenters. The average molecular weight is 433 g/mol. The van der Waals surface area contributed by atoms with Crippen molar-refractivity contribution in [1.82, 2.24) is 20.2 Å². The molecule has 156 valence electrons. The molecule has 0 fully saturated rings. The van der Waals surface area contributed by atoms with Crippen molar-refractivity contribution in [1.29, 1.82) is 0 Å². The zero-order valence-corrected chi connectivity index (χ0v) is 17.4. The number of phenolic OH excluding ortho intramolecular Hbond substituents is 1. The molecule has 2 N–H and O–H groups in total. The molecule has 0 radical (unpaired) electrons. The maximum atomic E-state index is 12.3. The molecule has 8 nitrogen and oxygen atoms in total. The Labute approximate surface area is 182 Å².